The van der Waals surface area contributed by atoms with E-state index in [0.29, 0.717) is 12.2 Å². The Kier molecular flexibility index (Phi) is 5.35. The lowest BCUT2D eigenvalue weighted by atomic mass is 9.99. The van der Waals surface area contributed by atoms with Crippen molar-refractivity contribution in [3.63, 3.8) is 0 Å². The number of nitrogens with zero attached hydrogens (tertiary/aromatic N) is 2. The summed E-state index contributed by atoms with van der Waals surface area (Å²) in [6, 6.07) is 7.76. The SMILES string of the molecule is CCOC(=O)C1CCCCN1Cc1ccc(C#N)cc1C. The summed E-state index contributed by atoms with van der Waals surface area (Å²) in [6.45, 7) is 5.94. The van der Waals surface area contributed by atoms with Gasteiger partial charge in [0.05, 0.1) is 18.2 Å². The molecule has 0 saturated carbocycles. The van der Waals surface area contributed by atoms with Crippen LogP contribution < -0.4 is 0 Å². The number of hydrogen-bond acceptors (Lipinski definition) is 4. The van der Waals surface area contributed by atoms with Gasteiger partial charge in [0.1, 0.15) is 6.04 Å². The van der Waals surface area contributed by atoms with E-state index < -0.39 is 0 Å². The second-order valence-corrected chi connectivity index (χ2v) is 5.49. The third-order valence-electron chi connectivity index (χ3n) is 4.02. The minimum atomic E-state index is -0.131. The standard InChI is InChI=1S/C17H22N2O2/c1-3-21-17(20)16-6-4-5-9-19(16)12-15-8-7-14(11-18)10-13(15)2/h7-8,10,16H,3-6,9,12H2,1-2H3. The van der Waals surface area contributed by atoms with Crippen molar-refractivity contribution in [2.45, 2.75) is 45.7 Å². The summed E-state index contributed by atoms with van der Waals surface area (Å²) in [6.07, 6.45) is 3.06. The molecule has 2 rings (SSSR count). The molecule has 21 heavy (non-hydrogen) atoms. The average Bonchev–Trinajstić information content (AvgIpc) is 2.50. The molecule has 1 heterocycles. The first-order valence-electron chi connectivity index (χ1n) is 7.56. The van der Waals surface area contributed by atoms with E-state index in [1.165, 1.54) is 5.56 Å². The van der Waals surface area contributed by atoms with Gasteiger partial charge in [0.25, 0.3) is 0 Å². The molecule has 0 spiro atoms. The maximum absolute atomic E-state index is 12.1. The molecule has 4 heteroatoms. The monoisotopic (exact) mass is 286 g/mol. The van der Waals surface area contributed by atoms with Crippen LogP contribution in [0, 0.1) is 18.3 Å². The maximum Gasteiger partial charge on any atom is 0.323 e. The number of nitriles is 1. The summed E-state index contributed by atoms with van der Waals surface area (Å²) in [7, 11) is 0. The molecule has 112 valence electrons. The van der Waals surface area contributed by atoms with Crippen LogP contribution in [0.5, 0.6) is 0 Å². The van der Waals surface area contributed by atoms with Crippen molar-refractivity contribution in [3.05, 3.63) is 34.9 Å². The number of hydrogen-bond donors (Lipinski definition) is 0. The fraction of sp³-hybridized carbons (Fsp3) is 0.529. The molecule has 0 N–H and O–H groups in total. The second-order valence-electron chi connectivity index (χ2n) is 5.49. The fourth-order valence-corrected chi connectivity index (χ4v) is 2.85. The largest absolute Gasteiger partial charge is 0.465 e. The highest BCUT2D eigenvalue weighted by molar-refractivity contribution is 5.75. The van der Waals surface area contributed by atoms with Crippen LogP contribution in [0.1, 0.15) is 42.9 Å². The lowest BCUT2D eigenvalue weighted by Gasteiger charge is -2.34. The Morgan fingerprint density at radius 3 is 2.95 bits per heavy atom. The van der Waals surface area contributed by atoms with Gasteiger partial charge in [0, 0.05) is 6.54 Å². The molecule has 1 aliphatic heterocycles. The summed E-state index contributed by atoms with van der Waals surface area (Å²) in [5, 5.41) is 8.93. The summed E-state index contributed by atoms with van der Waals surface area (Å²) in [5.74, 6) is -0.108. The van der Waals surface area contributed by atoms with Crippen molar-refractivity contribution in [3.8, 4) is 6.07 Å². The van der Waals surface area contributed by atoms with Crippen LogP contribution in [-0.2, 0) is 16.1 Å². The van der Waals surface area contributed by atoms with Crippen LogP contribution in [0.2, 0.25) is 0 Å². The first kappa shape index (κ1) is 15.5. The zero-order valence-electron chi connectivity index (χ0n) is 12.8. The average molecular weight is 286 g/mol. The highest BCUT2D eigenvalue weighted by Crippen LogP contribution is 2.22. The van der Waals surface area contributed by atoms with E-state index in [0.717, 1.165) is 37.9 Å². The molecule has 1 unspecified atom stereocenters. The predicted octanol–water partition coefficient (Wildman–Crippen LogP) is 2.78. The lowest BCUT2D eigenvalue weighted by Crippen LogP contribution is -2.45. The van der Waals surface area contributed by atoms with Crippen molar-refractivity contribution >= 4 is 5.97 Å². The molecule has 1 aliphatic rings. The third kappa shape index (κ3) is 3.83. The molecular formula is C17H22N2O2. The van der Waals surface area contributed by atoms with Gasteiger partial charge in [0.15, 0.2) is 0 Å². The van der Waals surface area contributed by atoms with Crippen molar-refractivity contribution in [1.82, 2.24) is 4.90 Å². The Bertz CT molecular complexity index is 548. The van der Waals surface area contributed by atoms with Crippen LogP contribution in [0.15, 0.2) is 18.2 Å². The van der Waals surface area contributed by atoms with Crippen molar-refractivity contribution in [2.24, 2.45) is 0 Å². The molecule has 0 aromatic heterocycles. The number of carbonyl (C=O) groups is 1. The molecule has 0 radical (unpaired) electrons. The van der Waals surface area contributed by atoms with Crippen molar-refractivity contribution < 1.29 is 9.53 Å². The van der Waals surface area contributed by atoms with Gasteiger partial charge in [-0.25, -0.2) is 0 Å². The molecule has 0 aliphatic carbocycles. The zero-order chi connectivity index (χ0) is 15.2. The van der Waals surface area contributed by atoms with Crippen LogP contribution in [0.3, 0.4) is 0 Å². The number of carbonyl (C=O) groups excluding carboxylic acids is 1. The highest BCUT2D eigenvalue weighted by Gasteiger charge is 2.29. The predicted molar refractivity (Wildman–Crippen MR) is 80.6 cm³/mol. The van der Waals surface area contributed by atoms with Gasteiger partial charge in [-0.3, -0.25) is 9.69 Å². The van der Waals surface area contributed by atoms with Gasteiger partial charge < -0.3 is 4.74 Å². The number of aryl methyl sites for hydroxylation is 1. The molecule has 0 bridgehead atoms. The van der Waals surface area contributed by atoms with E-state index in [1.807, 2.05) is 32.0 Å². The normalized spacial score (nSPS) is 19.0. The van der Waals surface area contributed by atoms with E-state index in [1.54, 1.807) is 0 Å². The first-order valence-corrected chi connectivity index (χ1v) is 7.56. The van der Waals surface area contributed by atoms with E-state index in [4.69, 9.17) is 10.00 Å². The number of rotatable bonds is 4. The highest BCUT2D eigenvalue weighted by atomic mass is 16.5. The number of ether oxygens (including phenoxy) is 1. The first-order chi connectivity index (χ1) is 10.2. The molecule has 0 amide bonds. The Labute approximate surface area is 126 Å². The van der Waals surface area contributed by atoms with E-state index in [2.05, 4.69) is 11.0 Å². The Balaban J connectivity index is 2.12. The molecule has 1 aromatic carbocycles. The second kappa shape index (κ2) is 7.24. The molecule has 1 fully saturated rings. The van der Waals surface area contributed by atoms with Crippen LogP contribution in [-0.4, -0.2) is 30.1 Å². The molecule has 1 atom stereocenters. The zero-order valence-corrected chi connectivity index (χ0v) is 12.8. The van der Waals surface area contributed by atoms with E-state index in [-0.39, 0.29) is 12.0 Å². The van der Waals surface area contributed by atoms with E-state index >= 15 is 0 Å². The Hall–Kier alpha value is -1.86. The van der Waals surface area contributed by atoms with Gasteiger partial charge >= 0.3 is 5.97 Å². The third-order valence-corrected chi connectivity index (χ3v) is 4.02. The maximum atomic E-state index is 12.1. The van der Waals surface area contributed by atoms with Gasteiger partial charge in [0.2, 0.25) is 0 Å². The van der Waals surface area contributed by atoms with Gasteiger partial charge in [-0.05, 0) is 56.5 Å². The minimum absolute atomic E-state index is 0.108. The van der Waals surface area contributed by atoms with Gasteiger partial charge in [-0.15, -0.1) is 0 Å². The topological polar surface area (TPSA) is 53.3 Å². The van der Waals surface area contributed by atoms with Gasteiger partial charge in [-0.1, -0.05) is 12.5 Å². The summed E-state index contributed by atoms with van der Waals surface area (Å²) in [5.41, 5.74) is 2.95. The number of esters is 1. The molecular weight excluding hydrogens is 264 g/mol. The lowest BCUT2D eigenvalue weighted by molar-refractivity contribution is -0.151. The fourth-order valence-electron chi connectivity index (χ4n) is 2.85. The van der Waals surface area contributed by atoms with Crippen molar-refractivity contribution in [2.75, 3.05) is 13.2 Å². The van der Waals surface area contributed by atoms with E-state index in [9.17, 15) is 4.79 Å². The van der Waals surface area contributed by atoms with Gasteiger partial charge in [-0.2, -0.15) is 5.26 Å². The molecule has 4 nitrogen and oxygen atoms in total. The number of benzene rings is 1. The van der Waals surface area contributed by atoms with Crippen LogP contribution in [0.25, 0.3) is 0 Å². The Morgan fingerprint density at radius 2 is 2.29 bits per heavy atom. The number of piperidine rings is 1. The summed E-state index contributed by atoms with van der Waals surface area (Å²) >= 11 is 0. The summed E-state index contributed by atoms with van der Waals surface area (Å²) < 4.78 is 5.19. The van der Waals surface area contributed by atoms with Crippen LogP contribution >= 0.6 is 0 Å². The van der Waals surface area contributed by atoms with Crippen molar-refractivity contribution in [1.29, 1.82) is 5.26 Å². The summed E-state index contributed by atoms with van der Waals surface area (Å²) in [4.78, 5) is 14.3. The quantitative estimate of drug-likeness (QED) is 0.799. The smallest absolute Gasteiger partial charge is 0.323 e. The molecule has 1 aromatic rings. The minimum Gasteiger partial charge on any atom is -0.465 e. The number of likely N-dealkylation sites (tertiary alicyclic amines) is 1. The van der Waals surface area contributed by atoms with Crippen LogP contribution in [0.4, 0.5) is 0 Å². The molecule has 1 saturated heterocycles. The Morgan fingerprint density at radius 1 is 1.48 bits per heavy atom.